The Morgan fingerprint density at radius 3 is 2.73 bits per heavy atom. The summed E-state index contributed by atoms with van der Waals surface area (Å²) in [4.78, 5) is 19.6. The first-order valence-electron chi connectivity index (χ1n) is 6.49. The number of ketones is 1. The first-order chi connectivity index (χ1) is 10.6. The monoisotopic (exact) mass is 358 g/mol. The van der Waals surface area contributed by atoms with Crippen LogP contribution in [0.2, 0.25) is 0 Å². The number of fused-ring (bicyclic) bond motifs is 2. The minimum Gasteiger partial charge on any atom is -0.494 e. The second-order valence-corrected chi connectivity index (χ2v) is 5.73. The lowest BCUT2D eigenvalue weighted by Gasteiger charge is -2.01. The highest BCUT2D eigenvalue weighted by atomic mass is 79.9. The summed E-state index contributed by atoms with van der Waals surface area (Å²) in [5.41, 5.74) is 1.86. The fourth-order valence-corrected chi connectivity index (χ4v) is 3.21. The molecule has 0 fully saturated rings. The number of nitrogens with zero attached hydrogens (tertiary/aromatic N) is 1. The predicted molar refractivity (Wildman–Crippen MR) is 84.6 cm³/mol. The van der Waals surface area contributed by atoms with Crippen LogP contribution < -0.4 is 0 Å². The lowest BCUT2D eigenvalue weighted by molar-refractivity contribution is 0.107. The molecule has 0 bridgehead atoms. The van der Waals surface area contributed by atoms with Gasteiger partial charge in [-0.25, -0.2) is 9.38 Å². The van der Waals surface area contributed by atoms with Crippen LogP contribution in [0.3, 0.4) is 0 Å². The number of para-hydroxylation sites is 1. The summed E-state index contributed by atoms with van der Waals surface area (Å²) in [6.45, 7) is 0. The molecule has 0 spiro atoms. The average Bonchev–Trinajstić information content (AvgIpc) is 3.01. The molecule has 2 heterocycles. The van der Waals surface area contributed by atoms with Gasteiger partial charge in [0.2, 0.25) is 5.78 Å². The molecule has 22 heavy (non-hydrogen) atoms. The van der Waals surface area contributed by atoms with Gasteiger partial charge in [0.05, 0.1) is 21.2 Å². The second-order valence-electron chi connectivity index (χ2n) is 4.94. The molecule has 0 saturated carbocycles. The zero-order valence-corrected chi connectivity index (χ0v) is 12.6. The van der Waals surface area contributed by atoms with E-state index < -0.39 is 5.82 Å². The van der Waals surface area contributed by atoms with Gasteiger partial charge in [0.1, 0.15) is 11.5 Å². The van der Waals surface area contributed by atoms with Gasteiger partial charge >= 0.3 is 0 Å². The normalized spacial score (nSPS) is 13.5. The molecule has 0 radical (unpaired) electrons. The molecule has 1 aliphatic rings. The van der Waals surface area contributed by atoms with E-state index in [1.165, 1.54) is 12.1 Å². The number of benzene rings is 2. The Labute approximate surface area is 132 Å². The van der Waals surface area contributed by atoms with Gasteiger partial charge in [0, 0.05) is 10.9 Å². The van der Waals surface area contributed by atoms with Crippen molar-refractivity contribution in [1.29, 1.82) is 0 Å². The van der Waals surface area contributed by atoms with Crippen molar-refractivity contribution in [2.75, 3.05) is 0 Å². The average molecular weight is 359 g/mol. The van der Waals surface area contributed by atoms with Gasteiger partial charge in [-0.05, 0) is 40.2 Å². The Hall–Kier alpha value is -2.47. The van der Waals surface area contributed by atoms with Crippen LogP contribution in [0.5, 0.6) is 5.88 Å². The fraction of sp³-hybridized carbons (Fsp3) is 0. The van der Waals surface area contributed by atoms with Crippen molar-refractivity contribution >= 4 is 44.0 Å². The van der Waals surface area contributed by atoms with Crippen LogP contribution in [0, 0.1) is 5.82 Å². The summed E-state index contributed by atoms with van der Waals surface area (Å²) >= 11 is 3.17. The molecule has 4 rings (SSSR count). The number of aromatic amines is 1. The van der Waals surface area contributed by atoms with Gasteiger partial charge in [0.15, 0.2) is 5.88 Å². The van der Waals surface area contributed by atoms with Crippen molar-refractivity contribution in [2.45, 2.75) is 0 Å². The number of nitrogens with one attached hydrogen (secondary N) is 1. The summed E-state index contributed by atoms with van der Waals surface area (Å²) in [6, 6.07) is 9.71. The van der Waals surface area contributed by atoms with Crippen LogP contribution in [0.25, 0.3) is 10.9 Å². The summed E-state index contributed by atoms with van der Waals surface area (Å²) in [7, 11) is 0. The van der Waals surface area contributed by atoms with Gasteiger partial charge in [-0.3, -0.25) is 4.79 Å². The maximum Gasteiger partial charge on any atom is 0.214 e. The Bertz CT molecular complexity index is 991. The van der Waals surface area contributed by atoms with Crippen molar-refractivity contribution in [2.24, 2.45) is 4.99 Å². The number of aromatic hydroxyl groups is 1. The van der Waals surface area contributed by atoms with Crippen molar-refractivity contribution in [3.63, 3.8) is 0 Å². The second kappa shape index (κ2) is 4.51. The summed E-state index contributed by atoms with van der Waals surface area (Å²) in [5.74, 6) is -0.972. The summed E-state index contributed by atoms with van der Waals surface area (Å²) in [5, 5.41) is 10.6. The van der Waals surface area contributed by atoms with Crippen LogP contribution in [0.1, 0.15) is 15.9 Å². The molecule has 1 aromatic heterocycles. The van der Waals surface area contributed by atoms with E-state index in [0.29, 0.717) is 22.2 Å². The van der Waals surface area contributed by atoms with E-state index in [0.717, 1.165) is 0 Å². The van der Waals surface area contributed by atoms with Gasteiger partial charge in [-0.15, -0.1) is 0 Å². The predicted octanol–water partition coefficient (Wildman–Crippen LogP) is 4.09. The van der Waals surface area contributed by atoms with E-state index in [-0.39, 0.29) is 27.4 Å². The largest absolute Gasteiger partial charge is 0.494 e. The van der Waals surface area contributed by atoms with Gasteiger partial charge in [-0.1, -0.05) is 12.1 Å². The van der Waals surface area contributed by atoms with Crippen molar-refractivity contribution in [3.8, 4) is 5.88 Å². The highest BCUT2D eigenvalue weighted by Gasteiger charge is 2.30. The molecule has 4 nitrogen and oxygen atoms in total. The molecule has 0 atom stereocenters. The number of hydrogen-bond donors (Lipinski definition) is 2. The zero-order valence-electron chi connectivity index (χ0n) is 11.0. The lowest BCUT2D eigenvalue weighted by atomic mass is 10.0. The first kappa shape index (κ1) is 13.2. The number of carbonyl (C=O) groups excluding carboxylic acids is 1. The van der Waals surface area contributed by atoms with E-state index in [1.807, 2.05) is 0 Å². The zero-order chi connectivity index (χ0) is 15.4. The highest BCUT2D eigenvalue weighted by Crippen LogP contribution is 2.38. The number of aliphatic imine (C=N–C) groups is 1. The van der Waals surface area contributed by atoms with Crippen LogP contribution in [-0.2, 0) is 0 Å². The summed E-state index contributed by atoms with van der Waals surface area (Å²) < 4.78 is 14.0. The summed E-state index contributed by atoms with van der Waals surface area (Å²) in [6.07, 6.45) is 0. The molecule has 3 aromatic rings. The van der Waals surface area contributed by atoms with Crippen LogP contribution in [0.15, 0.2) is 45.9 Å². The first-order valence-corrected chi connectivity index (χ1v) is 7.28. The number of halogens is 2. The lowest BCUT2D eigenvalue weighted by Crippen LogP contribution is -2.11. The van der Waals surface area contributed by atoms with E-state index >= 15 is 0 Å². The highest BCUT2D eigenvalue weighted by molar-refractivity contribution is 9.10. The molecule has 0 aliphatic carbocycles. The molecular formula is C16H8BrFN2O2. The Morgan fingerprint density at radius 1 is 1.18 bits per heavy atom. The molecule has 0 amide bonds. The number of aromatic nitrogens is 1. The topological polar surface area (TPSA) is 65.4 Å². The third kappa shape index (κ3) is 1.67. The Kier molecular flexibility index (Phi) is 2.71. The number of hydrogen-bond acceptors (Lipinski definition) is 3. The minimum atomic E-state index is -0.476. The molecule has 0 unspecified atom stereocenters. The van der Waals surface area contributed by atoms with E-state index in [4.69, 9.17) is 0 Å². The molecule has 2 N–H and O–H groups in total. The molecule has 2 aromatic carbocycles. The molecular weight excluding hydrogens is 351 g/mol. The Morgan fingerprint density at radius 2 is 1.95 bits per heavy atom. The van der Waals surface area contributed by atoms with Crippen LogP contribution in [-0.4, -0.2) is 21.6 Å². The van der Waals surface area contributed by atoms with Crippen molar-refractivity contribution in [1.82, 2.24) is 4.98 Å². The molecule has 108 valence electrons. The van der Waals surface area contributed by atoms with Crippen molar-refractivity contribution in [3.05, 3.63) is 57.8 Å². The van der Waals surface area contributed by atoms with E-state index in [2.05, 4.69) is 25.9 Å². The maximum absolute atomic E-state index is 13.8. The standard InChI is InChI=1S/C16H8BrFN2O2/c17-13-8(18)5-6-10-11(13)12(16(22)20-10)14-15(21)7-3-1-2-4-9(7)19-14/h1-6,20,22H. The van der Waals surface area contributed by atoms with Gasteiger partial charge < -0.3 is 10.1 Å². The number of carbonyl (C=O) groups is 1. The van der Waals surface area contributed by atoms with E-state index in [9.17, 15) is 14.3 Å². The van der Waals surface area contributed by atoms with Crippen LogP contribution in [0.4, 0.5) is 10.1 Å². The fourth-order valence-electron chi connectivity index (χ4n) is 2.67. The minimum absolute atomic E-state index is 0.108. The third-order valence-corrected chi connectivity index (χ3v) is 4.44. The smallest absolute Gasteiger partial charge is 0.214 e. The number of H-pyrrole nitrogens is 1. The van der Waals surface area contributed by atoms with Gasteiger partial charge in [0.25, 0.3) is 0 Å². The number of rotatable bonds is 1. The molecule has 6 heteroatoms. The maximum atomic E-state index is 13.8. The SMILES string of the molecule is O=C1C(c2c(O)[nH]c3ccc(F)c(Br)c23)=Nc2ccccc21. The Balaban J connectivity index is 2.03. The van der Waals surface area contributed by atoms with E-state index in [1.54, 1.807) is 24.3 Å². The number of Topliss-reactive ketones (excluding diaryl/α,β-unsaturated/α-hetero) is 1. The quantitative estimate of drug-likeness (QED) is 0.687. The van der Waals surface area contributed by atoms with Crippen molar-refractivity contribution < 1.29 is 14.3 Å². The molecule has 1 aliphatic heterocycles. The van der Waals surface area contributed by atoms with Gasteiger partial charge in [-0.2, -0.15) is 0 Å². The van der Waals surface area contributed by atoms with Crippen LogP contribution >= 0.6 is 15.9 Å². The third-order valence-electron chi connectivity index (χ3n) is 3.67. The molecule has 0 saturated heterocycles.